The van der Waals surface area contributed by atoms with Crippen molar-refractivity contribution >= 4 is 11.6 Å². The van der Waals surface area contributed by atoms with Crippen molar-refractivity contribution in [3.8, 4) is 5.75 Å². The zero-order valence-electron chi connectivity index (χ0n) is 9.98. The van der Waals surface area contributed by atoms with E-state index in [-0.39, 0.29) is 11.4 Å². The Bertz CT molecular complexity index is 717. The molecule has 1 amide bonds. The molecule has 0 aliphatic rings. The molecular formula is C12H11N3O4. The van der Waals surface area contributed by atoms with Crippen LogP contribution in [0.5, 0.6) is 5.75 Å². The minimum Gasteiger partial charge on any atom is -0.508 e. The smallest absolute Gasteiger partial charge is 0.326 e. The molecule has 19 heavy (non-hydrogen) atoms. The van der Waals surface area contributed by atoms with Gasteiger partial charge in [-0.25, -0.2) is 4.79 Å². The van der Waals surface area contributed by atoms with Crippen LogP contribution in [-0.4, -0.2) is 21.0 Å². The molecule has 0 bridgehead atoms. The highest BCUT2D eigenvalue weighted by molar-refractivity contribution is 6.02. The van der Waals surface area contributed by atoms with Crippen LogP contribution in [0.4, 0.5) is 5.69 Å². The zero-order valence-corrected chi connectivity index (χ0v) is 9.98. The van der Waals surface area contributed by atoms with Crippen LogP contribution in [0, 0.1) is 6.92 Å². The monoisotopic (exact) mass is 261 g/mol. The Hall–Kier alpha value is -2.83. The number of carbonyl (C=O) groups excluding carboxylic acids is 1. The average molecular weight is 261 g/mol. The van der Waals surface area contributed by atoms with Crippen molar-refractivity contribution in [3.63, 3.8) is 0 Å². The second-order valence-electron chi connectivity index (χ2n) is 3.96. The van der Waals surface area contributed by atoms with Crippen molar-refractivity contribution in [1.29, 1.82) is 0 Å². The Kier molecular flexibility index (Phi) is 3.19. The first-order chi connectivity index (χ1) is 8.95. The third kappa shape index (κ3) is 2.89. The van der Waals surface area contributed by atoms with Gasteiger partial charge in [-0.1, -0.05) is 0 Å². The largest absolute Gasteiger partial charge is 0.508 e. The molecule has 0 aliphatic heterocycles. The first kappa shape index (κ1) is 12.6. The summed E-state index contributed by atoms with van der Waals surface area (Å²) in [5, 5.41) is 11.9. The molecule has 1 aromatic carbocycles. The molecule has 4 N–H and O–H groups in total. The number of hydrogen-bond donors (Lipinski definition) is 4. The molecule has 7 heteroatoms. The maximum Gasteiger partial charge on any atom is 0.326 e. The van der Waals surface area contributed by atoms with Crippen molar-refractivity contribution in [2.75, 3.05) is 5.32 Å². The van der Waals surface area contributed by atoms with E-state index in [1.807, 2.05) is 4.98 Å². The number of anilines is 1. The Labute approximate surface area is 106 Å². The average Bonchev–Trinajstić information content (AvgIpc) is 2.32. The molecule has 0 spiro atoms. The number of phenols is 1. The third-order valence-corrected chi connectivity index (χ3v) is 2.46. The van der Waals surface area contributed by atoms with Crippen LogP contribution < -0.4 is 16.6 Å². The van der Waals surface area contributed by atoms with E-state index in [0.717, 1.165) is 6.07 Å². The lowest BCUT2D eigenvalue weighted by Crippen LogP contribution is -2.27. The number of nitrogens with one attached hydrogen (secondary N) is 3. The summed E-state index contributed by atoms with van der Waals surface area (Å²) >= 11 is 0. The molecule has 7 nitrogen and oxygen atoms in total. The molecule has 0 radical (unpaired) electrons. The summed E-state index contributed by atoms with van der Waals surface area (Å²) in [5.41, 5.74) is -0.506. The van der Waals surface area contributed by atoms with Gasteiger partial charge in [-0.15, -0.1) is 0 Å². The van der Waals surface area contributed by atoms with Crippen molar-refractivity contribution in [2.45, 2.75) is 6.92 Å². The number of rotatable bonds is 2. The lowest BCUT2D eigenvalue weighted by Gasteiger charge is -2.06. The van der Waals surface area contributed by atoms with Gasteiger partial charge in [-0.3, -0.25) is 14.6 Å². The molecule has 2 rings (SSSR count). The molecule has 2 aromatic rings. The molecule has 0 saturated carbocycles. The van der Waals surface area contributed by atoms with Crippen molar-refractivity contribution in [1.82, 2.24) is 9.97 Å². The number of aromatic amines is 2. The lowest BCUT2D eigenvalue weighted by atomic mass is 10.2. The number of phenolic OH excluding ortho intramolecular Hbond substituents is 1. The predicted octanol–water partition coefficient (Wildman–Crippen LogP) is 0.330. The predicted molar refractivity (Wildman–Crippen MR) is 68.5 cm³/mol. The summed E-state index contributed by atoms with van der Waals surface area (Å²) in [4.78, 5) is 38.1. The number of carbonyl (C=O) groups is 1. The van der Waals surface area contributed by atoms with Gasteiger partial charge in [0, 0.05) is 11.8 Å². The number of aromatic hydroxyl groups is 1. The number of aryl methyl sites for hydroxylation is 1. The molecule has 0 unspecified atom stereocenters. The molecule has 0 fully saturated rings. The second-order valence-corrected chi connectivity index (χ2v) is 3.96. The summed E-state index contributed by atoms with van der Waals surface area (Å²) in [6.07, 6.45) is 0. The van der Waals surface area contributed by atoms with Crippen LogP contribution in [0.2, 0.25) is 0 Å². The Balaban J connectivity index is 2.27. The Morgan fingerprint density at radius 1 is 1.21 bits per heavy atom. The van der Waals surface area contributed by atoms with Gasteiger partial charge in [-0.05, 0) is 30.7 Å². The fourth-order valence-electron chi connectivity index (χ4n) is 1.52. The van der Waals surface area contributed by atoms with E-state index in [2.05, 4.69) is 10.3 Å². The fourth-order valence-corrected chi connectivity index (χ4v) is 1.52. The molecular weight excluding hydrogens is 250 g/mol. The van der Waals surface area contributed by atoms with E-state index in [0.29, 0.717) is 11.3 Å². The third-order valence-electron chi connectivity index (χ3n) is 2.46. The van der Waals surface area contributed by atoms with Gasteiger partial charge in [0.25, 0.3) is 11.5 Å². The van der Waals surface area contributed by atoms with Gasteiger partial charge in [-0.2, -0.15) is 0 Å². The zero-order chi connectivity index (χ0) is 14.0. The van der Waals surface area contributed by atoms with Crippen LogP contribution in [0.15, 0.2) is 33.9 Å². The fraction of sp³-hybridized carbons (Fsp3) is 0.0833. The summed E-state index contributed by atoms with van der Waals surface area (Å²) < 4.78 is 0. The van der Waals surface area contributed by atoms with Gasteiger partial charge < -0.3 is 15.4 Å². The van der Waals surface area contributed by atoms with Crippen LogP contribution >= 0.6 is 0 Å². The van der Waals surface area contributed by atoms with Gasteiger partial charge in [0.2, 0.25) is 0 Å². The summed E-state index contributed by atoms with van der Waals surface area (Å²) in [7, 11) is 0. The number of H-pyrrole nitrogens is 2. The normalized spacial score (nSPS) is 10.2. The number of aromatic nitrogens is 2. The lowest BCUT2D eigenvalue weighted by molar-refractivity contribution is 0.102. The van der Waals surface area contributed by atoms with E-state index < -0.39 is 17.2 Å². The maximum absolute atomic E-state index is 11.8. The molecule has 0 aliphatic carbocycles. The van der Waals surface area contributed by atoms with Crippen molar-refractivity contribution < 1.29 is 9.90 Å². The SMILES string of the molecule is Cc1cc(NC(=O)c2cc(=O)[nH]c(=O)[nH]2)ccc1O. The van der Waals surface area contributed by atoms with Crippen LogP contribution in [-0.2, 0) is 0 Å². The van der Waals surface area contributed by atoms with Crippen LogP contribution in [0.25, 0.3) is 0 Å². The highest BCUT2D eigenvalue weighted by Crippen LogP contribution is 2.20. The minimum atomic E-state index is -0.750. The van der Waals surface area contributed by atoms with E-state index in [1.165, 1.54) is 12.1 Å². The van der Waals surface area contributed by atoms with E-state index in [9.17, 15) is 19.5 Å². The molecule has 1 aromatic heterocycles. The topological polar surface area (TPSA) is 115 Å². The highest BCUT2D eigenvalue weighted by Gasteiger charge is 2.09. The Morgan fingerprint density at radius 2 is 1.95 bits per heavy atom. The first-order valence-corrected chi connectivity index (χ1v) is 5.40. The van der Waals surface area contributed by atoms with Gasteiger partial charge in [0.05, 0.1) is 0 Å². The van der Waals surface area contributed by atoms with Gasteiger partial charge in [0.15, 0.2) is 0 Å². The molecule has 0 atom stereocenters. The van der Waals surface area contributed by atoms with E-state index >= 15 is 0 Å². The highest BCUT2D eigenvalue weighted by atomic mass is 16.3. The van der Waals surface area contributed by atoms with Crippen molar-refractivity contribution in [3.05, 3.63) is 56.4 Å². The Morgan fingerprint density at radius 3 is 2.58 bits per heavy atom. The molecule has 98 valence electrons. The van der Waals surface area contributed by atoms with Gasteiger partial charge in [0.1, 0.15) is 11.4 Å². The van der Waals surface area contributed by atoms with E-state index in [1.54, 1.807) is 13.0 Å². The maximum atomic E-state index is 11.8. The molecule has 0 saturated heterocycles. The quantitative estimate of drug-likeness (QED) is 0.583. The van der Waals surface area contributed by atoms with Crippen LogP contribution in [0.3, 0.4) is 0 Å². The second kappa shape index (κ2) is 4.81. The van der Waals surface area contributed by atoms with Gasteiger partial charge >= 0.3 is 5.69 Å². The first-order valence-electron chi connectivity index (χ1n) is 5.40. The summed E-state index contributed by atoms with van der Waals surface area (Å²) in [6.45, 7) is 1.68. The molecule has 1 heterocycles. The standard InChI is InChI=1S/C12H11N3O4/c1-6-4-7(2-3-9(6)16)13-11(18)8-5-10(17)15-12(19)14-8/h2-5,16H,1H3,(H,13,18)(H2,14,15,17,19). The van der Waals surface area contributed by atoms with E-state index in [4.69, 9.17) is 0 Å². The van der Waals surface area contributed by atoms with Crippen molar-refractivity contribution in [2.24, 2.45) is 0 Å². The summed E-state index contributed by atoms with van der Waals surface area (Å²) in [5.74, 6) is -0.504. The minimum absolute atomic E-state index is 0.113. The number of benzene rings is 1. The van der Waals surface area contributed by atoms with Crippen LogP contribution in [0.1, 0.15) is 16.1 Å². The number of hydrogen-bond acceptors (Lipinski definition) is 4. The summed E-state index contributed by atoms with van der Waals surface area (Å²) in [6, 6.07) is 5.50. The number of amides is 1.